The molecule has 8 nitrogen and oxygen atoms in total. The Kier molecular flexibility index (Phi) is 6.28. The lowest BCUT2D eigenvalue weighted by Crippen LogP contribution is -2.17. The number of anilines is 1. The van der Waals surface area contributed by atoms with Gasteiger partial charge in [-0.3, -0.25) is 14.6 Å². The number of carboxylic acid groups (broad SMARTS) is 1. The fraction of sp³-hybridized carbons (Fsp3) is 0.211. The predicted molar refractivity (Wildman–Crippen MR) is 104 cm³/mol. The Morgan fingerprint density at radius 3 is 2.46 bits per heavy atom. The molecule has 0 radical (unpaired) electrons. The number of nitrogens with zero attached hydrogens (tertiary/aromatic N) is 3. The van der Waals surface area contributed by atoms with Crippen molar-refractivity contribution in [1.82, 2.24) is 15.2 Å². The summed E-state index contributed by atoms with van der Waals surface area (Å²) in [7, 11) is 1.56. The number of carboxylic acids is 1. The molecule has 144 valence electrons. The van der Waals surface area contributed by atoms with E-state index in [-0.39, 0.29) is 18.7 Å². The SMILES string of the molecule is COc1ccc(C(CC(=O)O)CC(=O)Nc2nnc(-c3ccncc3)s2)cc1. The lowest BCUT2D eigenvalue weighted by atomic mass is 9.92. The highest BCUT2D eigenvalue weighted by molar-refractivity contribution is 7.18. The van der Waals surface area contributed by atoms with Crippen LogP contribution in [0.25, 0.3) is 10.6 Å². The molecule has 1 atom stereocenters. The van der Waals surface area contributed by atoms with Crippen LogP contribution in [0, 0.1) is 0 Å². The third-order valence-corrected chi connectivity index (χ3v) is 4.93. The number of rotatable bonds is 8. The van der Waals surface area contributed by atoms with Crippen molar-refractivity contribution < 1.29 is 19.4 Å². The molecule has 0 saturated heterocycles. The van der Waals surface area contributed by atoms with E-state index in [0.29, 0.717) is 15.9 Å². The maximum Gasteiger partial charge on any atom is 0.303 e. The van der Waals surface area contributed by atoms with Gasteiger partial charge in [0.1, 0.15) is 10.8 Å². The Bertz CT molecular complexity index is 944. The number of aromatic nitrogens is 3. The normalized spacial score (nSPS) is 11.6. The van der Waals surface area contributed by atoms with Gasteiger partial charge in [-0.15, -0.1) is 10.2 Å². The zero-order chi connectivity index (χ0) is 19.9. The van der Waals surface area contributed by atoms with Crippen molar-refractivity contribution in [2.75, 3.05) is 12.4 Å². The van der Waals surface area contributed by atoms with Crippen LogP contribution in [0.2, 0.25) is 0 Å². The number of benzene rings is 1. The van der Waals surface area contributed by atoms with Gasteiger partial charge in [0.2, 0.25) is 11.0 Å². The van der Waals surface area contributed by atoms with Gasteiger partial charge in [-0.25, -0.2) is 0 Å². The molecule has 0 saturated carbocycles. The second-order valence-corrected chi connectivity index (χ2v) is 6.95. The van der Waals surface area contributed by atoms with Gasteiger partial charge in [-0.1, -0.05) is 23.5 Å². The molecule has 3 aromatic rings. The second kappa shape index (κ2) is 9.05. The number of amides is 1. The molecule has 3 rings (SSSR count). The molecule has 0 aliphatic rings. The van der Waals surface area contributed by atoms with E-state index in [1.807, 2.05) is 0 Å². The van der Waals surface area contributed by atoms with Crippen molar-refractivity contribution in [1.29, 1.82) is 0 Å². The van der Waals surface area contributed by atoms with E-state index in [2.05, 4.69) is 20.5 Å². The molecule has 0 fully saturated rings. The summed E-state index contributed by atoms with van der Waals surface area (Å²) in [5.74, 6) is -1.08. The first kappa shape index (κ1) is 19.4. The zero-order valence-electron chi connectivity index (χ0n) is 15.0. The Morgan fingerprint density at radius 1 is 1.11 bits per heavy atom. The van der Waals surface area contributed by atoms with Gasteiger partial charge in [-0.2, -0.15) is 0 Å². The molecule has 2 aromatic heterocycles. The largest absolute Gasteiger partial charge is 0.497 e. The number of hydrogen-bond donors (Lipinski definition) is 2. The second-order valence-electron chi connectivity index (χ2n) is 5.97. The van der Waals surface area contributed by atoms with Crippen molar-refractivity contribution >= 4 is 28.3 Å². The van der Waals surface area contributed by atoms with Crippen LogP contribution >= 0.6 is 11.3 Å². The lowest BCUT2D eigenvalue weighted by molar-refractivity contribution is -0.137. The summed E-state index contributed by atoms with van der Waals surface area (Å²) < 4.78 is 5.12. The van der Waals surface area contributed by atoms with Crippen molar-refractivity contribution in [3.8, 4) is 16.3 Å². The molecule has 1 unspecified atom stereocenters. The third kappa shape index (κ3) is 5.10. The van der Waals surface area contributed by atoms with Gasteiger partial charge >= 0.3 is 5.97 Å². The van der Waals surface area contributed by atoms with Gasteiger partial charge in [0.15, 0.2) is 0 Å². The standard InChI is InChI=1S/C19H18N4O4S/c1-27-15-4-2-12(3-5-15)14(11-17(25)26)10-16(24)21-19-23-22-18(28-19)13-6-8-20-9-7-13/h2-9,14H,10-11H2,1H3,(H,25,26)(H,21,23,24). The molecular weight excluding hydrogens is 380 g/mol. The summed E-state index contributed by atoms with van der Waals surface area (Å²) >= 11 is 1.24. The molecule has 1 aromatic carbocycles. The number of aliphatic carboxylic acids is 1. The third-order valence-electron chi connectivity index (χ3n) is 4.04. The molecule has 2 heterocycles. The van der Waals surface area contributed by atoms with Crippen LogP contribution in [0.1, 0.15) is 24.3 Å². The van der Waals surface area contributed by atoms with E-state index in [1.54, 1.807) is 55.9 Å². The first-order valence-electron chi connectivity index (χ1n) is 8.44. The topological polar surface area (TPSA) is 114 Å². The number of pyridine rings is 1. The van der Waals surface area contributed by atoms with Crippen molar-refractivity contribution in [2.24, 2.45) is 0 Å². The van der Waals surface area contributed by atoms with Crippen LogP contribution in [-0.2, 0) is 9.59 Å². The summed E-state index contributed by atoms with van der Waals surface area (Å²) in [6.45, 7) is 0. The van der Waals surface area contributed by atoms with Crippen LogP contribution in [-0.4, -0.2) is 39.3 Å². The summed E-state index contributed by atoms with van der Waals surface area (Å²) in [5, 5.41) is 21.0. The van der Waals surface area contributed by atoms with Gasteiger partial charge in [0.25, 0.3) is 0 Å². The predicted octanol–water partition coefficient (Wildman–Crippen LogP) is 3.20. The van der Waals surface area contributed by atoms with Gasteiger partial charge in [0.05, 0.1) is 13.5 Å². The first-order chi connectivity index (χ1) is 13.5. The number of hydrogen-bond acceptors (Lipinski definition) is 7. The minimum Gasteiger partial charge on any atom is -0.497 e. The van der Waals surface area contributed by atoms with Crippen molar-refractivity contribution in [3.63, 3.8) is 0 Å². The number of carbonyl (C=O) groups is 2. The summed E-state index contributed by atoms with van der Waals surface area (Å²) in [4.78, 5) is 27.6. The maximum absolute atomic E-state index is 12.4. The minimum absolute atomic E-state index is 0.0167. The lowest BCUT2D eigenvalue weighted by Gasteiger charge is -2.15. The fourth-order valence-corrected chi connectivity index (χ4v) is 3.44. The fourth-order valence-electron chi connectivity index (χ4n) is 2.67. The van der Waals surface area contributed by atoms with Gasteiger partial charge in [0, 0.05) is 30.3 Å². The summed E-state index contributed by atoms with van der Waals surface area (Å²) in [6.07, 6.45) is 3.17. The van der Waals surface area contributed by atoms with Crippen LogP contribution in [0.15, 0.2) is 48.8 Å². The van der Waals surface area contributed by atoms with Crippen molar-refractivity contribution in [3.05, 3.63) is 54.4 Å². The summed E-state index contributed by atoms with van der Waals surface area (Å²) in [5.41, 5.74) is 1.61. The van der Waals surface area contributed by atoms with E-state index in [4.69, 9.17) is 4.74 Å². The molecule has 9 heteroatoms. The monoisotopic (exact) mass is 398 g/mol. The molecular formula is C19H18N4O4S. The van der Waals surface area contributed by atoms with Crippen LogP contribution in [0.4, 0.5) is 5.13 Å². The minimum atomic E-state index is -0.968. The molecule has 28 heavy (non-hydrogen) atoms. The molecule has 0 bridgehead atoms. The smallest absolute Gasteiger partial charge is 0.303 e. The maximum atomic E-state index is 12.4. The van der Waals surface area contributed by atoms with E-state index >= 15 is 0 Å². The Hall–Kier alpha value is -3.33. The van der Waals surface area contributed by atoms with Crippen LogP contribution < -0.4 is 10.1 Å². The van der Waals surface area contributed by atoms with Gasteiger partial charge < -0.3 is 15.2 Å². The van der Waals surface area contributed by atoms with Crippen molar-refractivity contribution in [2.45, 2.75) is 18.8 Å². The molecule has 0 aliphatic heterocycles. The average Bonchev–Trinajstić information content (AvgIpc) is 3.16. The van der Waals surface area contributed by atoms with E-state index in [1.165, 1.54) is 11.3 Å². The van der Waals surface area contributed by atoms with E-state index in [0.717, 1.165) is 11.1 Å². The number of nitrogens with one attached hydrogen (secondary N) is 1. The Labute approximate surface area is 165 Å². The number of ether oxygens (including phenoxy) is 1. The average molecular weight is 398 g/mol. The number of carbonyl (C=O) groups excluding carboxylic acids is 1. The number of methoxy groups -OCH3 is 1. The zero-order valence-corrected chi connectivity index (χ0v) is 15.8. The molecule has 2 N–H and O–H groups in total. The highest BCUT2D eigenvalue weighted by Crippen LogP contribution is 2.28. The molecule has 1 amide bonds. The van der Waals surface area contributed by atoms with Crippen LogP contribution in [0.3, 0.4) is 0 Å². The molecule has 0 aliphatic carbocycles. The Morgan fingerprint density at radius 2 is 1.82 bits per heavy atom. The van der Waals surface area contributed by atoms with Crippen LogP contribution in [0.5, 0.6) is 5.75 Å². The summed E-state index contributed by atoms with van der Waals surface area (Å²) in [6, 6.07) is 10.6. The Balaban J connectivity index is 1.68. The van der Waals surface area contributed by atoms with Gasteiger partial charge in [-0.05, 0) is 29.8 Å². The molecule has 0 spiro atoms. The quantitative estimate of drug-likeness (QED) is 0.599. The first-order valence-corrected chi connectivity index (χ1v) is 9.26. The highest BCUT2D eigenvalue weighted by Gasteiger charge is 2.20. The van der Waals surface area contributed by atoms with E-state index < -0.39 is 11.9 Å². The van der Waals surface area contributed by atoms with E-state index in [9.17, 15) is 14.7 Å². The highest BCUT2D eigenvalue weighted by atomic mass is 32.1.